The van der Waals surface area contributed by atoms with Gasteiger partial charge in [0.2, 0.25) is 21.8 Å². The maximum Gasteiger partial charge on any atom is 0.242 e. The first-order valence-corrected chi connectivity index (χ1v) is 14.6. The fourth-order valence-electron chi connectivity index (χ4n) is 3.80. The molecular weight excluding hydrogens is 490 g/mol. The van der Waals surface area contributed by atoms with Gasteiger partial charge in [0.1, 0.15) is 11.8 Å². The quantitative estimate of drug-likeness (QED) is 0.396. The van der Waals surface area contributed by atoms with Crippen LogP contribution < -0.4 is 14.4 Å². The van der Waals surface area contributed by atoms with E-state index in [9.17, 15) is 18.0 Å². The van der Waals surface area contributed by atoms with Gasteiger partial charge in [-0.3, -0.25) is 13.9 Å². The summed E-state index contributed by atoms with van der Waals surface area (Å²) in [6.45, 7) is 11.1. The Bertz CT molecular complexity index is 1120. The number of nitrogens with one attached hydrogen (secondary N) is 1. The number of ether oxygens (including phenoxy) is 1. The van der Waals surface area contributed by atoms with Crippen molar-refractivity contribution >= 4 is 27.5 Å². The zero-order chi connectivity index (χ0) is 27.6. The van der Waals surface area contributed by atoms with Gasteiger partial charge in [-0.15, -0.1) is 0 Å². The van der Waals surface area contributed by atoms with E-state index in [1.54, 1.807) is 36.1 Å². The summed E-state index contributed by atoms with van der Waals surface area (Å²) in [6, 6.07) is 14.0. The van der Waals surface area contributed by atoms with Crippen LogP contribution >= 0.6 is 0 Å². The van der Waals surface area contributed by atoms with Crippen LogP contribution in [0.15, 0.2) is 48.5 Å². The van der Waals surface area contributed by atoms with Crippen LogP contribution in [0.25, 0.3) is 0 Å². The van der Waals surface area contributed by atoms with Gasteiger partial charge in [-0.1, -0.05) is 43.7 Å². The second kappa shape index (κ2) is 14.0. The van der Waals surface area contributed by atoms with E-state index in [2.05, 4.69) is 5.32 Å². The Kier molecular flexibility index (Phi) is 11.4. The highest BCUT2D eigenvalue weighted by molar-refractivity contribution is 7.92. The predicted molar refractivity (Wildman–Crippen MR) is 148 cm³/mol. The number of rotatable bonds is 14. The molecule has 0 saturated heterocycles. The molecule has 0 aliphatic carbocycles. The van der Waals surface area contributed by atoms with Crippen molar-refractivity contribution in [2.45, 2.75) is 60.0 Å². The lowest BCUT2D eigenvalue weighted by Gasteiger charge is -2.29. The molecule has 204 valence electrons. The summed E-state index contributed by atoms with van der Waals surface area (Å²) in [5, 5.41) is 2.91. The van der Waals surface area contributed by atoms with E-state index in [4.69, 9.17) is 4.74 Å². The lowest BCUT2D eigenvalue weighted by atomic mass is 10.1. The fourth-order valence-corrected chi connectivity index (χ4v) is 4.77. The van der Waals surface area contributed by atoms with Crippen molar-refractivity contribution in [1.29, 1.82) is 0 Å². The Morgan fingerprint density at radius 1 is 1.00 bits per heavy atom. The van der Waals surface area contributed by atoms with Crippen LogP contribution in [0.1, 0.15) is 51.7 Å². The van der Waals surface area contributed by atoms with Gasteiger partial charge >= 0.3 is 0 Å². The molecule has 1 N–H and O–H groups in total. The van der Waals surface area contributed by atoms with E-state index in [0.717, 1.165) is 17.4 Å². The van der Waals surface area contributed by atoms with Gasteiger partial charge in [0.05, 0.1) is 18.6 Å². The third kappa shape index (κ3) is 9.72. The number of anilines is 1. The lowest BCUT2D eigenvalue weighted by Crippen LogP contribution is -2.48. The summed E-state index contributed by atoms with van der Waals surface area (Å²) in [5.74, 6) is 0.544. The maximum absolute atomic E-state index is 13.3. The number of hydrogen-bond acceptors (Lipinski definition) is 5. The van der Waals surface area contributed by atoms with Crippen LogP contribution in [0.4, 0.5) is 5.69 Å². The van der Waals surface area contributed by atoms with Gasteiger partial charge in [-0.2, -0.15) is 0 Å². The van der Waals surface area contributed by atoms with E-state index in [0.29, 0.717) is 43.5 Å². The number of benzene rings is 2. The van der Waals surface area contributed by atoms with Crippen LogP contribution in [0, 0.1) is 12.8 Å². The van der Waals surface area contributed by atoms with Gasteiger partial charge in [0, 0.05) is 26.1 Å². The number of carbonyl (C=O) groups excluding carboxylic acids is 2. The zero-order valence-corrected chi connectivity index (χ0v) is 23.7. The minimum Gasteiger partial charge on any atom is -0.494 e. The van der Waals surface area contributed by atoms with Crippen LogP contribution in [-0.2, 0) is 26.2 Å². The molecule has 0 heterocycles. The van der Waals surface area contributed by atoms with Crippen LogP contribution in [0.5, 0.6) is 5.75 Å². The van der Waals surface area contributed by atoms with E-state index >= 15 is 0 Å². The third-order valence-corrected chi connectivity index (χ3v) is 7.11. The van der Waals surface area contributed by atoms with Crippen molar-refractivity contribution in [2.24, 2.45) is 5.92 Å². The number of carbonyl (C=O) groups is 2. The normalized spacial score (nSPS) is 12.2. The Morgan fingerprint density at radius 2 is 1.62 bits per heavy atom. The summed E-state index contributed by atoms with van der Waals surface area (Å²) in [4.78, 5) is 27.7. The molecule has 2 aromatic carbocycles. The molecular formula is C28H41N3O5S. The van der Waals surface area contributed by atoms with Gasteiger partial charge < -0.3 is 15.0 Å². The summed E-state index contributed by atoms with van der Waals surface area (Å²) >= 11 is 0. The largest absolute Gasteiger partial charge is 0.494 e. The molecule has 0 spiro atoms. The Morgan fingerprint density at radius 3 is 2.16 bits per heavy atom. The summed E-state index contributed by atoms with van der Waals surface area (Å²) in [6.07, 6.45) is 1.57. The summed E-state index contributed by atoms with van der Waals surface area (Å²) in [7, 11) is -3.56. The molecule has 1 unspecified atom stereocenters. The van der Waals surface area contributed by atoms with Gasteiger partial charge in [0.15, 0.2) is 0 Å². The molecule has 1 atom stereocenters. The van der Waals surface area contributed by atoms with Crippen LogP contribution in [0.2, 0.25) is 0 Å². The molecule has 2 amide bonds. The van der Waals surface area contributed by atoms with E-state index in [1.165, 1.54) is 4.31 Å². The topological polar surface area (TPSA) is 96.0 Å². The highest BCUT2D eigenvalue weighted by Crippen LogP contribution is 2.22. The van der Waals surface area contributed by atoms with Crippen LogP contribution in [-0.4, -0.2) is 57.1 Å². The second-order valence-electron chi connectivity index (χ2n) is 9.69. The molecule has 0 saturated carbocycles. The average molecular weight is 532 g/mol. The number of aryl methyl sites for hydroxylation is 1. The van der Waals surface area contributed by atoms with Gasteiger partial charge in [-0.05, 0) is 62.9 Å². The molecule has 0 radical (unpaired) electrons. The summed E-state index contributed by atoms with van der Waals surface area (Å²) in [5.41, 5.74) is 2.55. The van der Waals surface area contributed by atoms with E-state index in [1.807, 2.05) is 52.0 Å². The monoisotopic (exact) mass is 531 g/mol. The number of hydrogen-bond donors (Lipinski definition) is 1. The third-order valence-electron chi connectivity index (χ3n) is 5.91. The minimum absolute atomic E-state index is 0.108. The number of amides is 2. The van der Waals surface area contributed by atoms with Crippen molar-refractivity contribution in [3.63, 3.8) is 0 Å². The Balaban J connectivity index is 2.14. The second-order valence-corrected chi connectivity index (χ2v) is 11.6. The molecule has 9 heteroatoms. The van der Waals surface area contributed by atoms with Gasteiger partial charge in [0.25, 0.3) is 0 Å². The molecule has 2 aromatic rings. The summed E-state index contributed by atoms with van der Waals surface area (Å²) < 4.78 is 31.7. The Labute approximate surface area is 222 Å². The minimum atomic E-state index is -3.56. The first kappa shape index (κ1) is 30.2. The molecule has 37 heavy (non-hydrogen) atoms. The van der Waals surface area contributed by atoms with Crippen molar-refractivity contribution in [1.82, 2.24) is 10.2 Å². The number of nitrogens with zero attached hydrogens (tertiary/aromatic N) is 2. The molecule has 0 fully saturated rings. The first-order valence-electron chi connectivity index (χ1n) is 12.8. The molecule has 0 aromatic heterocycles. The van der Waals surface area contributed by atoms with Crippen molar-refractivity contribution in [3.8, 4) is 5.75 Å². The van der Waals surface area contributed by atoms with Crippen molar-refractivity contribution < 1.29 is 22.7 Å². The maximum atomic E-state index is 13.3. The van der Waals surface area contributed by atoms with Crippen LogP contribution in [0.3, 0.4) is 0 Å². The SMILES string of the molecule is CCOc1ccc(N(CCCC(=O)N(Cc2ccc(C)cc2)C(C)C(=O)NCC(C)C)S(C)(=O)=O)cc1. The highest BCUT2D eigenvalue weighted by Gasteiger charge is 2.26. The molecule has 0 bridgehead atoms. The first-order chi connectivity index (χ1) is 17.4. The molecule has 0 aliphatic rings. The van der Waals surface area contributed by atoms with Crippen molar-refractivity contribution in [3.05, 3.63) is 59.7 Å². The van der Waals surface area contributed by atoms with E-state index in [-0.39, 0.29) is 24.8 Å². The zero-order valence-electron chi connectivity index (χ0n) is 22.9. The lowest BCUT2D eigenvalue weighted by molar-refractivity contribution is -0.140. The van der Waals surface area contributed by atoms with Crippen molar-refractivity contribution in [2.75, 3.05) is 30.3 Å². The molecule has 2 rings (SSSR count). The fraction of sp³-hybridized carbons (Fsp3) is 0.500. The Hall–Kier alpha value is -3.07. The predicted octanol–water partition coefficient (Wildman–Crippen LogP) is 4.13. The smallest absolute Gasteiger partial charge is 0.242 e. The highest BCUT2D eigenvalue weighted by atomic mass is 32.2. The molecule has 0 aliphatic heterocycles. The van der Waals surface area contributed by atoms with E-state index < -0.39 is 16.1 Å². The van der Waals surface area contributed by atoms with Gasteiger partial charge in [-0.25, -0.2) is 8.42 Å². The number of sulfonamides is 1. The standard InChI is InChI=1S/C28H41N3O5S/c1-7-36-26-16-14-25(15-17-26)31(37(6,34)35)18-8-9-27(32)30(20-24-12-10-22(4)11-13-24)23(5)28(33)29-19-21(2)3/h10-17,21,23H,7-9,18-20H2,1-6H3,(H,29,33). The molecule has 8 nitrogen and oxygen atoms in total. The average Bonchev–Trinajstić information content (AvgIpc) is 2.84.